The number of rotatable bonds is 0. The molecule has 4 bridgehead atoms. The van der Waals surface area contributed by atoms with Crippen molar-refractivity contribution < 1.29 is 39.4 Å². The molecule has 1 aromatic carbocycles. The third-order valence-electron chi connectivity index (χ3n) is 11.5. The van der Waals surface area contributed by atoms with Crippen LogP contribution in [-0.4, -0.2) is 77.9 Å². The molecule has 12 unspecified atom stereocenters. The molecule has 44 heavy (non-hydrogen) atoms. The van der Waals surface area contributed by atoms with E-state index < -0.39 is 79.2 Å². The van der Waals surface area contributed by atoms with Crippen molar-refractivity contribution in [2.24, 2.45) is 23.7 Å². The summed E-state index contributed by atoms with van der Waals surface area (Å²) in [4.78, 5) is -7.00. The first-order valence-corrected chi connectivity index (χ1v) is 17.0. The first-order valence-electron chi connectivity index (χ1n) is 14.0. The van der Waals surface area contributed by atoms with Gasteiger partial charge in [0.25, 0.3) is 0 Å². The zero-order chi connectivity index (χ0) is 31.3. The minimum atomic E-state index is -1.77. The number of aliphatic hydroxyl groups excluding tert-OH is 4. The summed E-state index contributed by atoms with van der Waals surface area (Å²) in [5, 5.41) is 47.9. The lowest BCUT2D eigenvalue weighted by Gasteiger charge is -2.48. The molecule has 2 saturated carbocycles. The van der Waals surface area contributed by atoms with Gasteiger partial charge < -0.3 is 39.4 Å². The molecule has 8 aliphatic rings. The average molecular weight is 770 g/mol. The van der Waals surface area contributed by atoms with Crippen LogP contribution in [0.25, 0.3) is 0 Å². The van der Waals surface area contributed by atoms with Gasteiger partial charge in [-0.15, -0.1) is 46.4 Å². The molecule has 2 aliphatic heterocycles. The summed E-state index contributed by atoms with van der Waals surface area (Å²) in [6, 6.07) is 3.04. The highest BCUT2D eigenvalue weighted by atomic mass is 35.5. The van der Waals surface area contributed by atoms with Crippen LogP contribution in [0.1, 0.15) is 46.7 Å². The Morgan fingerprint density at radius 1 is 0.455 bits per heavy atom. The Morgan fingerprint density at radius 3 is 0.864 bits per heavy atom. The van der Waals surface area contributed by atoms with Crippen LogP contribution in [0.3, 0.4) is 0 Å². The predicted molar refractivity (Wildman–Crippen MR) is 161 cm³/mol. The topological polar surface area (TPSA) is 118 Å². The van der Waals surface area contributed by atoms with Gasteiger partial charge in [0.05, 0.1) is 71.0 Å². The maximum atomic E-state index is 12.0. The normalized spacial score (nSPS) is 51.9. The fourth-order valence-electron chi connectivity index (χ4n) is 9.99. The van der Waals surface area contributed by atoms with Gasteiger partial charge in [-0.05, 0) is 34.4 Å². The van der Waals surface area contributed by atoms with Gasteiger partial charge in [0, 0.05) is 23.7 Å². The molecule has 16 heteroatoms. The summed E-state index contributed by atoms with van der Waals surface area (Å²) < 4.78 is 24.2. The Balaban J connectivity index is 1.23. The molecule has 0 amide bonds. The van der Waals surface area contributed by atoms with E-state index in [1.54, 1.807) is 0 Å². The van der Waals surface area contributed by atoms with Crippen molar-refractivity contribution in [3.8, 4) is 0 Å². The quantitative estimate of drug-likeness (QED) is 0.268. The lowest BCUT2D eigenvalue weighted by Crippen LogP contribution is -2.55. The summed E-state index contributed by atoms with van der Waals surface area (Å²) in [6.45, 7) is 0.555. The Morgan fingerprint density at radius 2 is 0.659 bits per heavy atom. The van der Waals surface area contributed by atoms with Crippen molar-refractivity contribution in [3.05, 3.63) is 54.5 Å². The van der Waals surface area contributed by atoms with Crippen LogP contribution in [0.5, 0.6) is 0 Å². The third kappa shape index (κ3) is 2.67. The number of hydrogen-bond acceptors (Lipinski definition) is 8. The van der Waals surface area contributed by atoms with Gasteiger partial charge in [-0.25, -0.2) is 0 Å². The molecule has 238 valence electrons. The maximum Gasteiger partial charge on any atom is 0.218 e. The Bertz CT molecular complexity index is 1410. The van der Waals surface area contributed by atoms with Crippen LogP contribution in [0.15, 0.2) is 32.3 Å². The molecular weight excluding hydrogens is 748 g/mol. The minimum absolute atomic E-state index is 0.0383. The standard InChI is InChI=1S/C28H22Cl8O8/c29-19-20(30)24(34)12-11(23(19,33)27(24)41-1-2-42-27)15(37)7-5-9-10(6-8(7)16(12)38)18(40)14-13(17(9)39)25(35)21(31)22(32)26(14,36)28(25)43-3-4-44-28/h5-6,11-18,37-40H,1-4H2. The predicted octanol–water partition coefficient (Wildman–Crippen LogP) is 5.14. The van der Waals surface area contributed by atoms with E-state index in [1.165, 1.54) is 12.1 Å². The highest BCUT2D eigenvalue weighted by Gasteiger charge is 2.90. The Hall–Kier alpha value is 0.700. The van der Waals surface area contributed by atoms with Crippen LogP contribution in [0.2, 0.25) is 0 Å². The zero-order valence-electron chi connectivity index (χ0n) is 22.0. The Kier molecular flexibility index (Phi) is 6.21. The number of aliphatic hydroxyl groups is 4. The number of fused-ring (bicyclic) bond motifs is 8. The molecule has 6 aliphatic carbocycles. The number of hydrogen-bond donors (Lipinski definition) is 4. The van der Waals surface area contributed by atoms with E-state index in [2.05, 4.69) is 0 Å². The van der Waals surface area contributed by atoms with E-state index in [4.69, 9.17) is 112 Å². The number of alkyl halides is 4. The van der Waals surface area contributed by atoms with E-state index in [0.717, 1.165) is 0 Å². The monoisotopic (exact) mass is 766 g/mol. The second-order valence-corrected chi connectivity index (χ2v) is 16.6. The first kappa shape index (κ1) is 30.7. The van der Waals surface area contributed by atoms with Gasteiger partial charge in [-0.2, -0.15) is 0 Å². The first-order chi connectivity index (χ1) is 20.6. The maximum absolute atomic E-state index is 12.0. The molecule has 12 atom stereocenters. The van der Waals surface area contributed by atoms with E-state index in [1.807, 2.05) is 0 Å². The second-order valence-electron chi connectivity index (χ2n) is 12.7. The largest absolute Gasteiger partial charge is 0.388 e. The molecule has 4 fully saturated rings. The average Bonchev–Trinajstić information content (AvgIpc) is 3.80. The molecule has 2 heterocycles. The van der Waals surface area contributed by atoms with Crippen molar-refractivity contribution in [3.63, 3.8) is 0 Å². The zero-order valence-corrected chi connectivity index (χ0v) is 28.1. The molecule has 9 rings (SSSR count). The van der Waals surface area contributed by atoms with Crippen LogP contribution in [0.4, 0.5) is 0 Å². The second kappa shape index (κ2) is 8.88. The lowest BCUT2D eigenvalue weighted by atomic mass is 9.63. The third-order valence-corrected chi connectivity index (χ3v) is 16.8. The van der Waals surface area contributed by atoms with Crippen LogP contribution >= 0.6 is 92.8 Å². The van der Waals surface area contributed by atoms with Gasteiger partial charge in [0.15, 0.2) is 0 Å². The molecule has 0 aromatic heterocycles. The van der Waals surface area contributed by atoms with Crippen molar-refractivity contribution >= 4 is 92.8 Å². The summed E-state index contributed by atoms with van der Waals surface area (Å²) in [5.74, 6) is -7.64. The lowest BCUT2D eigenvalue weighted by molar-refractivity contribution is -0.176. The number of benzene rings is 1. The van der Waals surface area contributed by atoms with Gasteiger partial charge in [0.1, 0.15) is 19.5 Å². The molecule has 2 spiro atoms. The summed E-state index contributed by atoms with van der Waals surface area (Å²) in [6.07, 6.45) is -5.55. The number of halogens is 8. The minimum Gasteiger partial charge on any atom is -0.388 e. The van der Waals surface area contributed by atoms with Crippen molar-refractivity contribution in [1.29, 1.82) is 0 Å². The van der Waals surface area contributed by atoms with Crippen molar-refractivity contribution in [1.82, 2.24) is 0 Å². The molecule has 8 nitrogen and oxygen atoms in total. The highest BCUT2D eigenvalue weighted by molar-refractivity contribution is 6.53. The molecular formula is C28H22Cl8O8. The highest BCUT2D eigenvalue weighted by Crippen LogP contribution is 2.81. The SMILES string of the molecule is OC1c2cc3c(cc2C(O)C2C1C1(Cl)C(Cl)=C(Cl)C2(Cl)C12OCCO2)C(O)C1C(C3O)C2(Cl)C(Cl)=C(Cl)C1(Cl)C21OCCO1. The molecule has 4 N–H and O–H groups in total. The fourth-order valence-corrected chi connectivity index (χ4v) is 14.3. The van der Waals surface area contributed by atoms with Crippen LogP contribution in [0, 0.1) is 23.7 Å². The fraction of sp³-hybridized carbons (Fsp3) is 0.643. The molecule has 0 radical (unpaired) electrons. The van der Waals surface area contributed by atoms with Crippen molar-refractivity contribution in [2.45, 2.75) is 55.5 Å². The number of ether oxygens (including phenoxy) is 4. The summed E-state index contributed by atoms with van der Waals surface area (Å²) in [7, 11) is 0. The van der Waals surface area contributed by atoms with Gasteiger partial charge in [-0.3, -0.25) is 0 Å². The van der Waals surface area contributed by atoms with Gasteiger partial charge >= 0.3 is 0 Å². The smallest absolute Gasteiger partial charge is 0.218 e. The summed E-state index contributed by atoms with van der Waals surface area (Å²) in [5.41, 5.74) is 0.940. The van der Waals surface area contributed by atoms with E-state index in [9.17, 15) is 20.4 Å². The molecule has 1 aromatic rings. The van der Waals surface area contributed by atoms with Crippen molar-refractivity contribution in [2.75, 3.05) is 26.4 Å². The molecule has 2 saturated heterocycles. The van der Waals surface area contributed by atoms with Gasteiger partial charge in [0.2, 0.25) is 11.6 Å². The van der Waals surface area contributed by atoms with Crippen LogP contribution < -0.4 is 0 Å². The summed E-state index contributed by atoms with van der Waals surface area (Å²) >= 11 is 56.0. The van der Waals surface area contributed by atoms with Gasteiger partial charge in [-0.1, -0.05) is 46.4 Å². The van der Waals surface area contributed by atoms with E-state index >= 15 is 0 Å². The Labute approximate surface area is 290 Å². The van der Waals surface area contributed by atoms with Crippen LogP contribution in [-0.2, 0) is 18.9 Å². The van der Waals surface area contributed by atoms with E-state index in [-0.39, 0.29) is 68.8 Å². The van der Waals surface area contributed by atoms with E-state index in [0.29, 0.717) is 0 Å².